The van der Waals surface area contributed by atoms with Crippen LogP contribution in [0.25, 0.3) is 0 Å². The highest BCUT2D eigenvalue weighted by Crippen LogP contribution is 2.16. The monoisotopic (exact) mass is 246 g/mol. The third kappa shape index (κ3) is 2.85. The number of hydrogen-bond donors (Lipinski definition) is 1. The lowest BCUT2D eigenvalue weighted by Gasteiger charge is -2.08. The Kier molecular flexibility index (Phi) is 3.74. The normalized spacial score (nSPS) is 13.6. The van der Waals surface area contributed by atoms with E-state index in [1.807, 2.05) is 0 Å². The van der Waals surface area contributed by atoms with Crippen LogP contribution in [0.5, 0.6) is 0 Å². The molecule has 0 bridgehead atoms. The van der Waals surface area contributed by atoms with E-state index < -0.39 is 21.1 Å². The van der Waals surface area contributed by atoms with Gasteiger partial charge in [-0.3, -0.25) is 0 Å². The summed E-state index contributed by atoms with van der Waals surface area (Å²) in [6, 6.07) is 1.24. The molecule has 5 nitrogen and oxygen atoms in total. The molecule has 0 radical (unpaired) electrons. The van der Waals surface area contributed by atoms with Crippen LogP contribution in [0.4, 0.5) is 0 Å². The van der Waals surface area contributed by atoms with E-state index in [2.05, 4.69) is 0 Å². The predicted octanol–water partition coefficient (Wildman–Crippen LogP) is 1.69. The summed E-state index contributed by atoms with van der Waals surface area (Å²) in [7, 11) is -3.26. The number of rotatable bonds is 5. The molecular weight excluding hydrogens is 232 g/mol. The van der Waals surface area contributed by atoms with Crippen molar-refractivity contribution >= 4 is 15.8 Å². The van der Waals surface area contributed by atoms with Crippen LogP contribution in [0.1, 0.15) is 36.4 Å². The molecule has 1 aromatic heterocycles. The van der Waals surface area contributed by atoms with Gasteiger partial charge in [0.25, 0.3) is 0 Å². The lowest BCUT2D eigenvalue weighted by molar-refractivity contribution is 0.0696. The zero-order valence-corrected chi connectivity index (χ0v) is 9.95. The average Bonchev–Trinajstić information content (AvgIpc) is 2.64. The first-order valence-corrected chi connectivity index (χ1v) is 6.60. The standard InChI is InChI=1S/C10H14O5S/c1-3-7(2)16(13,14)6-9-4-8(5-15-9)10(11)12/h4-5,7H,3,6H2,1-2H3,(H,11,12). The van der Waals surface area contributed by atoms with Crippen LogP contribution in [0.2, 0.25) is 0 Å². The van der Waals surface area contributed by atoms with Crippen molar-refractivity contribution in [1.29, 1.82) is 0 Å². The molecule has 0 saturated carbocycles. The fourth-order valence-electron chi connectivity index (χ4n) is 1.16. The molecule has 0 aliphatic heterocycles. The number of hydrogen-bond acceptors (Lipinski definition) is 4. The van der Waals surface area contributed by atoms with Gasteiger partial charge in [0.2, 0.25) is 0 Å². The number of carboxylic acids is 1. The molecule has 90 valence electrons. The van der Waals surface area contributed by atoms with Gasteiger partial charge < -0.3 is 9.52 Å². The predicted molar refractivity (Wildman–Crippen MR) is 58.0 cm³/mol. The number of sulfone groups is 1. The van der Waals surface area contributed by atoms with E-state index in [9.17, 15) is 13.2 Å². The van der Waals surface area contributed by atoms with E-state index in [4.69, 9.17) is 9.52 Å². The van der Waals surface area contributed by atoms with E-state index in [1.165, 1.54) is 6.07 Å². The Hall–Kier alpha value is -1.30. The molecule has 0 fully saturated rings. The van der Waals surface area contributed by atoms with Crippen LogP contribution in [0, 0.1) is 0 Å². The van der Waals surface area contributed by atoms with Gasteiger partial charge in [-0.15, -0.1) is 0 Å². The summed E-state index contributed by atoms with van der Waals surface area (Å²) in [4.78, 5) is 10.6. The molecule has 0 aromatic carbocycles. The molecule has 0 saturated heterocycles. The number of carboxylic acid groups (broad SMARTS) is 1. The summed E-state index contributed by atoms with van der Waals surface area (Å²) in [5.74, 6) is -1.22. The van der Waals surface area contributed by atoms with Crippen molar-refractivity contribution in [2.24, 2.45) is 0 Å². The van der Waals surface area contributed by atoms with Gasteiger partial charge in [0, 0.05) is 0 Å². The molecule has 1 N–H and O–H groups in total. The third-order valence-corrected chi connectivity index (χ3v) is 4.68. The molecule has 1 unspecified atom stereocenters. The van der Waals surface area contributed by atoms with E-state index in [0.29, 0.717) is 6.42 Å². The smallest absolute Gasteiger partial charge is 0.338 e. The summed E-state index contributed by atoms with van der Waals surface area (Å²) < 4.78 is 28.3. The number of furan rings is 1. The maximum absolute atomic E-state index is 11.7. The van der Waals surface area contributed by atoms with Gasteiger partial charge in [-0.05, 0) is 19.4 Å². The summed E-state index contributed by atoms with van der Waals surface area (Å²) in [5, 5.41) is 8.19. The van der Waals surface area contributed by atoms with Crippen molar-refractivity contribution in [3.05, 3.63) is 23.7 Å². The van der Waals surface area contributed by atoms with Gasteiger partial charge in [-0.2, -0.15) is 0 Å². The molecule has 1 rings (SSSR count). The molecule has 0 spiro atoms. The molecule has 16 heavy (non-hydrogen) atoms. The summed E-state index contributed by atoms with van der Waals surface area (Å²) in [6.07, 6.45) is 1.57. The largest absolute Gasteiger partial charge is 0.478 e. The lowest BCUT2D eigenvalue weighted by Crippen LogP contribution is -2.18. The minimum absolute atomic E-state index is 0.0330. The zero-order chi connectivity index (χ0) is 12.3. The number of aromatic carboxylic acids is 1. The van der Waals surface area contributed by atoms with Gasteiger partial charge in [-0.25, -0.2) is 13.2 Å². The summed E-state index contributed by atoms with van der Waals surface area (Å²) in [6.45, 7) is 3.41. The minimum atomic E-state index is -3.26. The van der Waals surface area contributed by atoms with E-state index in [1.54, 1.807) is 13.8 Å². The fourth-order valence-corrected chi connectivity index (χ4v) is 2.50. The fraction of sp³-hybridized carbons (Fsp3) is 0.500. The Morgan fingerprint density at radius 1 is 1.56 bits per heavy atom. The molecule has 0 amide bonds. The molecule has 1 atom stereocenters. The van der Waals surface area contributed by atoms with Crippen molar-refractivity contribution < 1.29 is 22.7 Å². The van der Waals surface area contributed by atoms with E-state index >= 15 is 0 Å². The van der Waals surface area contributed by atoms with Gasteiger partial charge in [-0.1, -0.05) is 6.92 Å². The van der Waals surface area contributed by atoms with Crippen LogP contribution >= 0.6 is 0 Å². The van der Waals surface area contributed by atoms with Gasteiger partial charge in [0.1, 0.15) is 17.8 Å². The second-order valence-electron chi connectivity index (χ2n) is 3.63. The Balaban J connectivity index is 2.85. The van der Waals surface area contributed by atoms with Crippen molar-refractivity contribution in [3.63, 3.8) is 0 Å². The van der Waals surface area contributed by atoms with Crippen molar-refractivity contribution in [3.8, 4) is 0 Å². The Morgan fingerprint density at radius 3 is 2.62 bits per heavy atom. The highest BCUT2D eigenvalue weighted by atomic mass is 32.2. The quantitative estimate of drug-likeness (QED) is 0.854. The van der Waals surface area contributed by atoms with Gasteiger partial charge in [0.15, 0.2) is 9.84 Å². The van der Waals surface area contributed by atoms with Gasteiger partial charge in [0.05, 0.1) is 10.8 Å². The minimum Gasteiger partial charge on any atom is -0.478 e. The molecule has 0 aliphatic carbocycles. The molecule has 6 heteroatoms. The van der Waals surface area contributed by atoms with Crippen LogP contribution in [-0.4, -0.2) is 24.7 Å². The van der Waals surface area contributed by atoms with Crippen molar-refractivity contribution in [1.82, 2.24) is 0 Å². The molecule has 1 aromatic rings. The molecular formula is C10H14O5S. The summed E-state index contributed by atoms with van der Waals surface area (Å²) in [5.41, 5.74) is -0.0330. The van der Waals surface area contributed by atoms with Crippen LogP contribution in [-0.2, 0) is 15.6 Å². The Labute approximate surface area is 94.0 Å². The molecule has 0 aliphatic rings. The van der Waals surface area contributed by atoms with Crippen LogP contribution in [0.3, 0.4) is 0 Å². The summed E-state index contributed by atoms with van der Waals surface area (Å²) >= 11 is 0. The highest BCUT2D eigenvalue weighted by molar-refractivity contribution is 7.91. The average molecular weight is 246 g/mol. The molecule has 1 heterocycles. The first-order chi connectivity index (χ1) is 7.36. The topological polar surface area (TPSA) is 84.6 Å². The maximum atomic E-state index is 11.7. The second-order valence-corrected chi connectivity index (χ2v) is 6.05. The van der Waals surface area contributed by atoms with Crippen LogP contribution in [0.15, 0.2) is 16.7 Å². The van der Waals surface area contributed by atoms with Crippen LogP contribution < -0.4 is 0 Å². The van der Waals surface area contributed by atoms with E-state index in [-0.39, 0.29) is 17.1 Å². The second kappa shape index (κ2) is 4.69. The first-order valence-electron chi connectivity index (χ1n) is 4.89. The number of carbonyl (C=O) groups is 1. The SMILES string of the molecule is CCC(C)S(=O)(=O)Cc1cc(C(=O)O)co1. The highest BCUT2D eigenvalue weighted by Gasteiger charge is 2.22. The Bertz CT molecular complexity index is 471. The van der Waals surface area contributed by atoms with Crippen molar-refractivity contribution in [2.75, 3.05) is 0 Å². The van der Waals surface area contributed by atoms with Crippen molar-refractivity contribution in [2.45, 2.75) is 31.3 Å². The third-order valence-electron chi connectivity index (χ3n) is 2.43. The first kappa shape index (κ1) is 12.8. The maximum Gasteiger partial charge on any atom is 0.338 e. The zero-order valence-electron chi connectivity index (χ0n) is 9.13. The van der Waals surface area contributed by atoms with Gasteiger partial charge >= 0.3 is 5.97 Å². The lowest BCUT2D eigenvalue weighted by atomic mass is 10.3. The Morgan fingerprint density at radius 2 is 2.19 bits per heavy atom. The van der Waals surface area contributed by atoms with E-state index in [0.717, 1.165) is 6.26 Å².